The first kappa shape index (κ1) is 17.2. The zero-order valence-electron chi connectivity index (χ0n) is 13.9. The van der Waals surface area contributed by atoms with Crippen molar-refractivity contribution < 1.29 is 14.3 Å². The largest absolute Gasteiger partial charge is 0.459 e. The molecule has 126 valence electrons. The number of aromatic nitrogens is 2. The van der Waals surface area contributed by atoms with Crippen LogP contribution in [0, 0.1) is 5.92 Å². The average molecular weight is 320 g/mol. The number of hydrogen-bond acceptors (Lipinski definition) is 6. The molecular weight excluding hydrogens is 296 g/mol. The van der Waals surface area contributed by atoms with Gasteiger partial charge in [0.05, 0.1) is 0 Å². The standard InChI is InChI=1S/C16H24N4O3/c1-16(2,3)23-13(21)11-19-14(22)12-5-9-20(10-6-12)15-17-7-4-8-18-15/h4,7-8,12H,5-6,9-11H2,1-3H3,(H,19,22). The summed E-state index contributed by atoms with van der Waals surface area (Å²) < 4.78 is 5.17. The Kier molecular flexibility index (Phi) is 5.52. The number of ether oxygens (including phenoxy) is 1. The van der Waals surface area contributed by atoms with E-state index in [-0.39, 0.29) is 18.4 Å². The summed E-state index contributed by atoms with van der Waals surface area (Å²) in [7, 11) is 0. The number of carbonyl (C=O) groups excluding carboxylic acids is 2. The Balaban J connectivity index is 1.74. The molecule has 1 aliphatic rings. The van der Waals surface area contributed by atoms with Crippen LogP contribution in [-0.2, 0) is 14.3 Å². The molecule has 2 heterocycles. The van der Waals surface area contributed by atoms with Crippen molar-refractivity contribution in [2.45, 2.75) is 39.2 Å². The van der Waals surface area contributed by atoms with Gasteiger partial charge in [-0.2, -0.15) is 0 Å². The van der Waals surface area contributed by atoms with E-state index in [1.54, 1.807) is 39.2 Å². The van der Waals surface area contributed by atoms with Gasteiger partial charge in [-0.05, 0) is 39.7 Å². The van der Waals surface area contributed by atoms with Crippen LogP contribution in [0.5, 0.6) is 0 Å². The van der Waals surface area contributed by atoms with Crippen LogP contribution in [0.1, 0.15) is 33.6 Å². The molecular formula is C16H24N4O3. The number of hydrogen-bond donors (Lipinski definition) is 1. The van der Waals surface area contributed by atoms with Gasteiger partial charge in [0.2, 0.25) is 11.9 Å². The molecule has 1 fully saturated rings. The lowest BCUT2D eigenvalue weighted by Gasteiger charge is -2.31. The van der Waals surface area contributed by atoms with Gasteiger partial charge in [-0.25, -0.2) is 9.97 Å². The minimum absolute atomic E-state index is 0.0852. The molecule has 1 amide bonds. The van der Waals surface area contributed by atoms with Gasteiger partial charge in [0, 0.05) is 31.4 Å². The summed E-state index contributed by atoms with van der Waals surface area (Å²) in [6, 6.07) is 1.78. The quantitative estimate of drug-likeness (QED) is 0.838. The predicted octanol–water partition coefficient (Wildman–Crippen LogP) is 1.15. The maximum absolute atomic E-state index is 12.1. The summed E-state index contributed by atoms with van der Waals surface area (Å²) in [4.78, 5) is 34.3. The maximum Gasteiger partial charge on any atom is 0.325 e. The lowest BCUT2D eigenvalue weighted by atomic mass is 9.96. The van der Waals surface area contributed by atoms with Gasteiger partial charge in [-0.1, -0.05) is 0 Å². The number of rotatable bonds is 4. The van der Waals surface area contributed by atoms with Crippen molar-refractivity contribution >= 4 is 17.8 Å². The van der Waals surface area contributed by atoms with Gasteiger partial charge in [0.15, 0.2) is 0 Å². The summed E-state index contributed by atoms with van der Waals surface area (Å²) in [5.74, 6) is 0.1000. The molecule has 0 unspecified atom stereocenters. The zero-order valence-corrected chi connectivity index (χ0v) is 13.9. The number of carbonyl (C=O) groups is 2. The second-order valence-electron chi connectivity index (χ2n) is 6.61. The third-order valence-corrected chi connectivity index (χ3v) is 3.53. The normalized spacial score (nSPS) is 16.0. The number of piperidine rings is 1. The average Bonchev–Trinajstić information content (AvgIpc) is 2.52. The van der Waals surface area contributed by atoms with Crippen molar-refractivity contribution in [3.63, 3.8) is 0 Å². The van der Waals surface area contributed by atoms with Crippen molar-refractivity contribution in [1.82, 2.24) is 15.3 Å². The number of amides is 1. The molecule has 1 N–H and O–H groups in total. The Morgan fingerprint density at radius 2 is 1.87 bits per heavy atom. The molecule has 23 heavy (non-hydrogen) atoms. The molecule has 0 saturated carbocycles. The summed E-state index contributed by atoms with van der Waals surface area (Å²) in [6.07, 6.45) is 4.86. The molecule has 0 atom stereocenters. The molecule has 2 rings (SSSR count). The molecule has 7 nitrogen and oxygen atoms in total. The van der Waals surface area contributed by atoms with Gasteiger partial charge < -0.3 is 15.0 Å². The van der Waals surface area contributed by atoms with Crippen LogP contribution < -0.4 is 10.2 Å². The Labute approximate surface area is 136 Å². The third-order valence-electron chi connectivity index (χ3n) is 3.53. The van der Waals surface area contributed by atoms with Gasteiger partial charge in [0.25, 0.3) is 0 Å². The molecule has 1 aromatic rings. The van der Waals surface area contributed by atoms with E-state index in [1.165, 1.54) is 0 Å². The highest BCUT2D eigenvalue weighted by atomic mass is 16.6. The highest BCUT2D eigenvalue weighted by molar-refractivity contribution is 5.83. The van der Waals surface area contributed by atoms with E-state index in [0.29, 0.717) is 5.95 Å². The molecule has 0 aliphatic carbocycles. The van der Waals surface area contributed by atoms with Gasteiger partial charge >= 0.3 is 5.97 Å². The van der Waals surface area contributed by atoms with Crippen LogP contribution in [0.15, 0.2) is 18.5 Å². The number of nitrogens with zero attached hydrogens (tertiary/aromatic N) is 3. The van der Waals surface area contributed by atoms with E-state index in [2.05, 4.69) is 20.2 Å². The summed E-state index contributed by atoms with van der Waals surface area (Å²) in [5, 5.41) is 2.67. The lowest BCUT2D eigenvalue weighted by Crippen LogP contribution is -2.43. The van der Waals surface area contributed by atoms with E-state index < -0.39 is 11.6 Å². The van der Waals surface area contributed by atoms with Crippen LogP contribution in [0.4, 0.5) is 5.95 Å². The monoisotopic (exact) mass is 320 g/mol. The van der Waals surface area contributed by atoms with Crippen LogP contribution in [0.2, 0.25) is 0 Å². The first-order chi connectivity index (χ1) is 10.8. The number of nitrogens with one attached hydrogen (secondary N) is 1. The Bertz CT molecular complexity index is 534. The van der Waals surface area contributed by atoms with Crippen LogP contribution in [0.25, 0.3) is 0 Å². The van der Waals surface area contributed by atoms with E-state index in [1.807, 2.05) is 0 Å². The second-order valence-corrected chi connectivity index (χ2v) is 6.61. The molecule has 1 aromatic heterocycles. The highest BCUT2D eigenvalue weighted by Gasteiger charge is 2.26. The first-order valence-corrected chi connectivity index (χ1v) is 7.87. The summed E-state index contributed by atoms with van der Waals surface area (Å²) >= 11 is 0. The van der Waals surface area contributed by atoms with Crippen LogP contribution in [-0.4, -0.2) is 47.1 Å². The van der Waals surface area contributed by atoms with E-state index in [4.69, 9.17) is 4.74 Å². The maximum atomic E-state index is 12.1. The second kappa shape index (κ2) is 7.39. The molecule has 0 spiro atoms. The number of anilines is 1. The van der Waals surface area contributed by atoms with Crippen molar-refractivity contribution in [2.75, 3.05) is 24.5 Å². The fourth-order valence-corrected chi connectivity index (χ4v) is 2.48. The molecule has 0 bridgehead atoms. The van der Waals surface area contributed by atoms with Crippen molar-refractivity contribution in [2.24, 2.45) is 5.92 Å². The van der Waals surface area contributed by atoms with E-state index >= 15 is 0 Å². The predicted molar refractivity (Wildman–Crippen MR) is 85.8 cm³/mol. The fraction of sp³-hybridized carbons (Fsp3) is 0.625. The van der Waals surface area contributed by atoms with Gasteiger partial charge in [-0.3, -0.25) is 9.59 Å². The Morgan fingerprint density at radius 3 is 2.43 bits per heavy atom. The van der Waals surface area contributed by atoms with Crippen molar-refractivity contribution in [1.29, 1.82) is 0 Å². The molecule has 1 aliphatic heterocycles. The summed E-state index contributed by atoms with van der Waals surface area (Å²) in [6.45, 7) is 6.78. The van der Waals surface area contributed by atoms with Crippen molar-refractivity contribution in [3.8, 4) is 0 Å². The Morgan fingerprint density at radius 1 is 1.26 bits per heavy atom. The van der Waals surface area contributed by atoms with Crippen molar-refractivity contribution in [3.05, 3.63) is 18.5 Å². The fourth-order valence-electron chi connectivity index (χ4n) is 2.48. The minimum Gasteiger partial charge on any atom is -0.459 e. The minimum atomic E-state index is -0.539. The zero-order chi connectivity index (χ0) is 16.9. The molecule has 0 radical (unpaired) electrons. The van der Waals surface area contributed by atoms with E-state index in [0.717, 1.165) is 25.9 Å². The van der Waals surface area contributed by atoms with Gasteiger partial charge in [0.1, 0.15) is 12.1 Å². The molecule has 0 aromatic carbocycles. The topological polar surface area (TPSA) is 84.4 Å². The smallest absolute Gasteiger partial charge is 0.325 e. The first-order valence-electron chi connectivity index (χ1n) is 7.87. The van der Waals surface area contributed by atoms with Gasteiger partial charge in [-0.15, -0.1) is 0 Å². The third kappa shape index (κ3) is 5.50. The lowest BCUT2D eigenvalue weighted by molar-refractivity contribution is -0.154. The molecule has 1 saturated heterocycles. The van der Waals surface area contributed by atoms with Crippen LogP contribution in [0.3, 0.4) is 0 Å². The highest BCUT2D eigenvalue weighted by Crippen LogP contribution is 2.20. The Hall–Kier alpha value is -2.18. The van der Waals surface area contributed by atoms with E-state index in [9.17, 15) is 9.59 Å². The molecule has 7 heteroatoms. The van der Waals surface area contributed by atoms with Crippen LogP contribution >= 0.6 is 0 Å². The summed E-state index contributed by atoms with van der Waals surface area (Å²) in [5.41, 5.74) is -0.539. The number of esters is 1. The SMILES string of the molecule is CC(C)(C)OC(=O)CNC(=O)C1CCN(c2ncccn2)CC1.